The predicted molar refractivity (Wildman–Crippen MR) is 90.1 cm³/mol. The number of fused-ring (bicyclic) bond motifs is 1. The van der Waals surface area contributed by atoms with Gasteiger partial charge in [0.1, 0.15) is 5.78 Å². The van der Waals surface area contributed by atoms with Gasteiger partial charge in [-0.25, -0.2) is 4.79 Å². The van der Waals surface area contributed by atoms with Gasteiger partial charge in [-0.15, -0.1) is 0 Å². The predicted octanol–water partition coefficient (Wildman–Crippen LogP) is 3.31. The van der Waals surface area contributed by atoms with Crippen molar-refractivity contribution < 1.29 is 19.1 Å². The van der Waals surface area contributed by atoms with Crippen LogP contribution in [0.15, 0.2) is 42.5 Å². The van der Waals surface area contributed by atoms with Crippen LogP contribution in [0.1, 0.15) is 31.7 Å². The molecular weight excluding hydrogens is 304 g/mol. The summed E-state index contributed by atoms with van der Waals surface area (Å²) in [5.74, 6) is -0.439. The zero-order valence-electron chi connectivity index (χ0n) is 14.3. The molecule has 0 unspecified atom stereocenters. The van der Waals surface area contributed by atoms with E-state index in [1.54, 1.807) is 6.92 Å². The molecule has 0 amide bonds. The number of esters is 1. The van der Waals surface area contributed by atoms with Crippen molar-refractivity contribution in [2.75, 3.05) is 7.11 Å². The SMILES string of the molecule is C=C1C[C@@](OCc2ccccc2)(C(=O)OC)[C@@H]2[C@H]1CC[C@H]2C(C)=O. The summed E-state index contributed by atoms with van der Waals surface area (Å²) in [5, 5.41) is 0. The Labute approximate surface area is 142 Å². The van der Waals surface area contributed by atoms with E-state index in [9.17, 15) is 9.59 Å². The van der Waals surface area contributed by atoms with Crippen molar-refractivity contribution in [2.24, 2.45) is 17.8 Å². The summed E-state index contributed by atoms with van der Waals surface area (Å²) in [5.41, 5.74) is 0.897. The van der Waals surface area contributed by atoms with Gasteiger partial charge in [0, 0.05) is 18.3 Å². The molecule has 2 saturated carbocycles. The Morgan fingerprint density at radius 1 is 1.25 bits per heavy atom. The molecule has 0 aromatic heterocycles. The average molecular weight is 328 g/mol. The lowest BCUT2D eigenvalue weighted by molar-refractivity contribution is -0.181. The lowest BCUT2D eigenvalue weighted by Gasteiger charge is -2.35. The van der Waals surface area contributed by atoms with Crippen molar-refractivity contribution in [3.8, 4) is 0 Å². The van der Waals surface area contributed by atoms with Crippen molar-refractivity contribution >= 4 is 11.8 Å². The Balaban J connectivity index is 1.94. The number of Topliss-reactive ketones (excluding diaryl/α,β-unsaturated/α-hetero) is 1. The highest BCUT2D eigenvalue weighted by molar-refractivity contribution is 5.85. The van der Waals surface area contributed by atoms with Crippen LogP contribution < -0.4 is 0 Å². The molecule has 24 heavy (non-hydrogen) atoms. The molecule has 2 aliphatic rings. The molecule has 128 valence electrons. The van der Waals surface area contributed by atoms with Gasteiger partial charge in [0.2, 0.25) is 0 Å². The number of rotatable bonds is 5. The van der Waals surface area contributed by atoms with Gasteiger partial charge in [-0.3, -0.25) is 4.79 Å². The lowest BCUT2D eigenvalue weighted by atomic mass is 9.79. The number of carbonyl (C=O) groups excluding carboxylic acids is 2. The quantitative estimate of drug-likeness (QED) is 0.615. The monoisotopic (exact) mass is 328 g/mol. The van der Waals surface area contributed by atoms with Gasteiger partial charge in [-0.05, 0) is 31.2 Å². The number of methoxy groups -OCH3 is 1. The smallest absolute Gasteiger partial charge is 0.338 e. The van der Waals surface area contributed by atoms with Gasteiger partial charge in [-0.2, -0.15) is 0 Å². The van der Waals surface area contributed by atoms with Crippen LogP contribution in [-0.2, 0) is 25.7 Å². The van der Waals surface area contributed by atoms with E-state index >= 15 is 0 Å². The molecule has 0 spiro atoms. The number of ketones is 1. The summed E-state index contributed by atoms with van der Waals surface area (Å²) in [6.07, 6.45) is 2.12. The van der Waals surface area contributed by atoms with Gasteiger partial charge in [-0.1, -0.05) is 42.5 Å². The first-order chi connectivity index (χ1) is 11.5. The lowest BCUT2D eigenvalue weighted by Crippen LogP contribution is -2.49. The normalized spacial score (nSPS) is 31.8. The van der Waals surface area contributed by atoms with Crippen LogP contribution in [0, 0.1) is 17.8 Å². The number of hydrogen-bond donors (Lipinski definition) is 0. The Bertz CT molecular complexity index is 651. The molecular formula is C20H24O4. The zero-order valence-corrected chi connectivity index (χ0v) is 14.3. The van der Waals surface area contributed by atoms with E-state index in [0.717, 1.165) is 24.0 Å². The molecule has 2 aliphatic carbocycles. The van der Waals surface area contributed by atoms with Gasteiger partial charge in [0.05, 0.1) is 13.7 Å². The molecule has 0 N–H and O–H groups in total. The minimum atomic E-state index is -1.10. The van der Waals surface area contributed by atoms with Crippen LogP contribution in [0.5, 0.6) is 0 Å². The van der Waals surface area contributed by atoms with Gasteiger partial charge in [0.25, 0.3) is 0 Å². The number of benzene rings is 1. The van der Waals surface area contributed by atoms with Crippen molar-refractivity contribution in [1.29, 1.82) is 0 Å². The van der Waals surface area contributed by atoms with E-state index in [1.807, 2.05) is 30.3 Å². The van der Waals surface area contributed by atoms with Crippen LogP contribution in [0.2, 0.25) is 0 Å². The topological polar surface area (TPSA) is 52.6 Å². The van der Waals surface area contributed by atoms with Crippen LogP contribution in [0.3, 0.4) is 0 Å². The molecule has 0 heterocycles. The van der Waals surface area contributed by atoms with E-state index in [4.69, 9.17) is 9.47 Å². The Morgan fingerprint density at radius 2 is 1.96 bits per heavy atom. The molecule has 0 radical (unpaired) electrons. The summed E-state index contributed by atoms with van der Waals surface area (Å²) < 4.78 is 11.3. The van der Waals surface area contributed by atoms with E-state index in [0.29, 0.717) is 13.0 Å². The maximum absolute atomic E-state index is 12.7. The van der Waals surface area contributed by atoms with Crippen LogP contribution in [0.4, 0.5) is 0 Å². The molecule has 4 atom stereocenters. The minimum Gasteiger partial charge on any atom is -0.467 e. The van der Waals surface area contributed by atoms with Gasteiger partial charge in [0.15, 0.2) is 5.60 Å². The van der Waals surface area contributed by atoms with E-state index < -0.39 is 5.60 Å². The summed E-state index contributed by atoms with van der Waals surface area (Å²) in [4.78, 5) is 24.8. The second-order valence-electron chi connectivity index (χ2n) is 6.92. The van der Waals surface area contributed by atoms with E-state index in [2.05, 4.69) is 6.58 Å². The third-order valence-electron chi connectivity index (χ3n) is 5.60. The average Bonchev–Trinajstić information content (AvgIpc) is 3.14. The highest BCUT2D eigenvalue weighted by Crippen LogP contribution is 2.57. The highest BCUT2D eigenvalue weighted by atomic mass is 16.6. The minimum absolute atomic E-state index is 0.119. The second kappa shape index (κ2) is 6.52. The molecule has 0 aliphatic heterocycles. The third-order valence-corrected chi connectivity index (χ3v) is 5.60. The molecule has 4 heteroatoms. The molecule has 1 aromatic rings. The maximum Gasteiger partial charge on any atom is 0.338 e. The van der Waals surface area contributed by atoms with Crippen molar-refractivity contribution in [2.45, 2.75) is 38.4 Å². The molecule has 0 saturated heterocycles. The number of hydrogen-bond acceptors (Lipinski definition) is 4. The number of ether oxygens (including phenoxy) is 2. The third kappa shape index (κ3) is 2.69. The van der Waals surface area contributed by atoms with Crippen molar-refractivity contribution in [3.05, 3.63) is 48.0 Å². The Kier molecular flexibility index (Phi) is 4.59. The van der Waals surface area contributed by atoms with Crippen molar-refractivity contribution in [3.63, 3.8) is 0 Å². The molecule has 2 fully saturated rings. The summed E-state index contributed by atoms with van der Waals surface area (Å²) in [6, 6.07) is 9.74. The standard InChI is InChI=1S/C20H24O4/c1-13-11-20(19(22)23-3,24-12-15-7-5-4-6-8-15)18-16(13)9-10-17(18)14(2)21/h4-8,16-18H,1,9-12H2,2-3H3/t16-,17-,18+,20-/m0/s1. The fraction of sp³-hybridized carbons (Fsp3) is 0.500. The first kappa shape index (κ1) is 16.9. The fourth-order valence-electron chi connectivity index (χ4n) is 4.52. The molecule has 4 nitrogen and oxygen atoms in total. The Morgan fingerprint density at radius 3 is 2.58 bits per heavy atom. The summed E-state index contributed by atoms with van der Waals surface area (Å²) >= 11 is 0. The van der Waals surface area contributed by atoms with Crippen LogP contribution in [-0.4, -0.2) is 24.5 Å². The summed E-state index contributed by atoms with van der Waals surface area (Å²) in [7, 11) is 1.38. The Hall–Kier alpha value is -1.94. The van der Waals surface area contributed by atoms with E-state index in [-0.39, 0.29) is 29.5 Å². The van der Waals surface area contributed by atoms with Gasteiger partial charge < -0.3 is 9.47 Å². The first-order valence-electron chi connectivity index (χ1n) is 8.44. The first-order valence-corrected chi connectivity index (χ1v) is 8.44. The zero-order chi connectivity index (χ0) is 17.3. The molecule has 1 aromatic carbocycles. The van der Waals surface area contributed by atoms with Gasteiger partial charge >= 0.3 is 5.97 Å². The summed E-state index contributed by atoms with van der Waals surface area (Å²) in [6.45, 7) is 6.08. The van der Waals surface area contributed by atoms with Crippen LogP contribution in [0.25, 0.3) is 0 Å². The second-order valence-corrected chi connectivity index (χ2v) is 6.92. The molecule has 3 rings (SSSR count). The largest absolute Gasteiger partial charge is 0.467 e. The maximum atomic E-state index is 12.7. The highest BCUT2D eigenvalue weighted by Gasteiger charge is 2.62. The number of carbonyl (C=O) groups is 2. The molecule has 0 bridgehead atoms. The van der Waals surface area contributed by atoms with E-state index in [1.165, 1.54) is 7.11 Å². The fourth-order valence-corrected chi connectivity index (χ4v) is 4.52. The van der Waals surface area contributed by atoms with Crippen LogP contribution >= 0.6 is 0 Å². The van der Waals surface area contributed by atoms with Crippen molar-refractivity contribution in [1.82, 2.24) is 0 Å².